The fourth-order valence-electron chi connectivity index (χ4n) is 4.62. The highest BCUT2D eigenvalue weighted by atomic mass is 79.9. The van der Waals surface area contributed by atoms with Gasteiger partial charge in [0.2, 0.25) is 5.82 Å². The van der Waals surface area contributed by atoms with Crippen molar-refractivity contribution in [3.8, 4) is 5.75 Å². The van der Waals surface area contributed by atoms with Crippen LogP contribution in [-0.4, -0.2) is 62.5 Å². The molecule has 3 aromatic rings. The number of rotatable bonds is 12. The van der Waals surface area contributed by atoms with E-state index in [-0.39, 0.29) is 22.9 Å². The molecule has 0 aliphatic carbocycles. The summed E-state index contributed by atoms with van der Waals surface area (Å²) in [5.41, 5.74) is 0.0863. The molecule has 14 heteroatoms. The van der Waals surface area contributed by atoms with Crippen LogP contribution in [-0.2, 0) is 16.2 Å². The topological polar surface area (TPSA) is 108 Å². The van der Waals surface area contributed by atoms with E-state index >= 15 is 0 Å². The van der Waals surface area contributed by atoms with E-state index in [1.165, 1.54) is 42.5 Å². The van der Waals surface area contributed by atoms with Gasteiger partial charge in [-0.1, -0.05) is 22.4 Å². The van der Waals surface area contributed by atoms with Gasteiger partial charge in [-0.25, -0.2) is 13.4 Å². The number of carbonyl (C=O) groups is 1. The first-order valence-corrected chi connectivity index (χ1v) is 15.3. The molecule has 1 fully saturated rings. The zero-order valence-corrected chi connectivity index (χ0v) is 24.8. The van der Waals surface area contributed by atoms with Gasteiger partial charge in [0.25, 0.3) is 15.9 Å². The Kier molecular flexibility index (Phi) is 9.97. The molecule has 1 amide bonds. The van der Waals surface area contributed by atoms with Gasteiger partial charge in [0, 0.05) is 16.7 Å². The van der Waals surface area contributed by atoms with Gasteiger partial charge in [-0.2, -0.15) is 13.2 Å². The summed E-state index contributed by atoms with van der Waals surface area (Å²) in [5, 5.41) is 2.43. The van der Waals surface area contributed by atoms with E-state index < -0.39 is 33.6 Å². The predicted octanol–water partition coefficient (Wildman–Crippen LogP) is 5.91. The molecule has 1 aliphatic rings. The number of ether oxygens (including phenoxy) is 1. The maximum absolute atomic E-state index is 14.1. The van der Waals surface area contributed by atoms with Crippen molar-refractivity contribution in [2.75, 3.05) is 42.9 Å². The second-order valence-electron chi connectivity index (χ2n) is 9.63. The molecule has 1 saturated heterocycles. The number of halogens is 4. The van der Waals surface area contributed by atoms with Gasteiger partial charge < -0.3 is 19.9 Å². The van der Waals surface area contributed by atoms with Gasteiger partial charge >= 0.3 is 6.18 Å². The lowest BCUT2D eigenvalue weighted by Gasteiger charge is -2.26. The molecule has 0 radical (unpaired) electrons. The van der Waals surface area contributed by atoms with Crippen LogP contribution in [0.5, 0.6) is 5.75 Å². The number of aromatic nitrogens is 2. The van der Waals surface area contributed by atoms with Gasteiger partial charge in [-0.3, -0.25) is 9.10 Å². The summed E-state index contributed by atoms with van der Waals surface area (Å²) in [6, 6.07) is 10.9. The predicted molar refractivity (Wildman–Crippen MR) is 153 cm³/mol. The third-order valence-corrected chi connectivity index (χ3v) is 9.10. The van der Waals surface area contributed by atoms with Crippen LogP contribution in [0, 0.1) is 0 Å². The van der Waals surface area contributed by atoms with Crippen molar-refractivity contribution >= 4 is 43.2 Å². The fraction of sp³-hybridized carbons (Fsp3) is 0.407. The molecule has 41 heavy (non-hydrogen) atoms. The number of unbranched alkanes of at least 4 members (excludes halogenated alkanes) is 2. The van der Waals surface area contributed by atoms with Crippen LogP contribution in [0.25, 0.3) is 0 Å². The van der Waals surface area contributed by atoms with Crippen LogP contribution >= 0.6 is 15.9 Å². The number of aromatic amines is 1. The van der Waals surface area contributed by atoms with Gasteiger partial charge in [0.15, 0.2) is 0 Å². The molecule has 0 saturated carbocycles. The summed E-state index contributed by atoms with van der Waals surface area (Å²) >= 11 is 3.38. The Morgan fingerprint density at radius 1 is 1.12 bits per heavy atom. The summed E-state index contributed by atoms with van der Waals surface area (Å²) in [4.78, 5) is 19.9. The van der Waals surface area contributed by atoms with Gasteiger partial charge in [-0.05, 0) is 87.8 Å². The van der Waals surface area contributed by atoms with E-state index in [1.54, 1.807) is 24.3 Å². The lowest BCUT2D eigenvalue weighted by molar-refractivity contribution is -0.144. The molecule has 0 bridgehead atoms. The lowest BCUT2D eigenvalue weighted by atomic mass is 10.2. The van der Waals surface area contributed by atoms with E-state index in [1.807, 2.05) is 4.98 Å². The zero-order chi connectivity index (χ0) is 29.6. The van der Waals surface area contributed by atoms with Crippen LogP contribution in [0.4, 0.5) is 24.5 Å². The molecule has 222 valence electrons. The molecular formula is C27H31BrF3N5O4S. The van der Waals surface area contributed by atoms with Gasteiger partial charge in [-0.15, -0.1) is 0 Å². The molecule has 9 nitrogen and oxygen atoms in total. The number of hydrogen-bond acceptors (Lipinski definition) is 6. The highest BCUT2D eigenvalue weighted by Gasteiger charge is 2.35. The Labute approximate surface area is 245 Å². The number of sulfonamides is 1. The van der Waals surface area contributed by atoms with E-state index in [9.17, 15) is 26.4 Å². The number of carbonyl (C=O) groups excluding carboxylic acids is 1. The molecule has 2 heterocycles. The molecule has 0 atom stereocenters. The Morgan fingerprint density at radius 3 is 2.46 bits per heavy atom. The average Bonchev–Trinajstić information content (AvgIpc) is 3.64. The van der Waals surface area contributed by atoms with Crippen LogP contribution in [0.2, 0.25) is 0 Å². The van der Waals surface area contributed by atoms with Crippen molar-refractivity contribution in [1.29, 1.82) is 0 Å². The minimum Gasteiger partial charge on any atom is -0.495 e. The number of imidazole rings is 1. The number of nitrogens with zero attached hydrogens (tertiary/aromatic N) is 3. The normalized spacial score (nSPS) is 14.3. The Hall–Kier alpha value is -3.10. The Balaban J connectivity index is 1.56. The molecule has 4 rings (SSSR count). The second kappa shape index (κ2) is 13.3. The minimum absolute atomic E-state index is 0.0545. The summed E-state index contributed by atoms with van der Waals surface area (Å²) in [6.07, 6.45) is 0.881. The minimum atomic E-state index is -4.75. The third-order valence-electron chi connectivity index (χ3n) is 6.73. The average molecular weight is 659 g/mol. The second-order valence-corrected chi connectivity index (χ2v) is 12.4. The van der Waals surface area contributed by atoms with E-state index in [0.717, 1.165) is 43.1 Å². The fourth-order valence-corrected chi connectivity index (χ4v) is 6.58. The number of methoxy groups -OCH3 is 1. The number of alkyl halides is 3. The molecule has 1 aliphatic heterocycles. The van der Waals surface area contributed by atoms with E-state index in [0.29, 0.717) is 12.1 Å². The quantitative estimate of drug-likeness (QED) is 0.234. The van der Waals surface area contributed by atoms with E-state index in [2.05, 4.69) is 31.1 Å². The molecule has 0 unspecified atom stereocenters. The van der Waals surface area contributed by atoms with Crippen molar-refractivity contribution in [2.24, 2.45) is 0 Å². The van der Waals surface area contributed by atoms with Gasteiger partial charge in [0.05, 0.1) is 19.0 Å². The number of nitrogens with one attached hydrogen (secondary N) is 2. The maximum Gasteiger partial charge on any atom is 0.449 e. The summed E-state index contributed by atoms with van der Waals surface area (Å²) in [6.45, 7) is 3.42. The number of H-pyrrole nitrogens is 1. The van der Waals surface area contributed by atoms with Crippen LogP contribution in [0.1, 0.15) is 48.4 Å². The summed E-state index contributed by atoms with van der Waals surface area (Å²) < 4.78 is 74.2. The molecular weight excluding hydrogens is 627 g/mol. The SMILES string of the molecule is COc1ccc(NC(=O)c2cnc(C(F)(F)F)[nH]2)cc1S(=O)(=O)N(CCCCCN1CCCC1)c1ccc(Br)cc1. The number of likely N-dealkylation sites (tertiary alicyclic amines) is 1. The Morgan fingerprint density at radius 2 is 1.83 bits per heavy atom. The summed E-state index contributed by atoms with van der Waals surface area (Å²) in [5.74, 6) is -2.17. The van der Waals surface area contributed by atoms with Crippen LogP contribution < -0.4 is 14.4 Å². The van der Waals surface area contributed by atoms with Crippen molar-refractivity contribution in [3.63, 3.8) is 0 Å². The largest absolute Gasteiger partial charge is 0.495 e. The number of amides is 1. The van der Waals surface area contributed by atoms with E-state index in [4.69, 9.17) is 4.74 Å². The third kappa shape index (κ3) is 7.80. The maximum atomic E-state index is 14.1. The highest BCUT2D eigenvalue weighted by molar-refractivity contribution is 9.10. The van der Waals surface area contributed by atoms with Crippen molar-refractivity contribution in [1.82, 2.24) is 14.9 Å². The number of benzene rings is 2. The first-order chi connectivity index (χ1) is 19.5. The van der Waals surface area contributed by atoms with Crippen molar-refractivity contribution in [3.05, 3.63) is 64.7 Å². The molecule has 0 spiro atoms. The Bertz CT molecular complexity index is 1440. The summed E-state index contributed by atoms with van der Waals surface area (Å²) in [7, 11) is -2.86. The van der Waals surface area contributed by atoms with Crippen LogP contribution in [0.3, 0.4) is 0 Å². The molecule has 2 N–H and O–H groups in total. The molecule has 2 aromatic carbocycles. The van der Waals surface area contributed by atoms with Gasteiger partial charge in [0.1, 0.15) is 16.3 Å². The van der Waals surface area contributed by atoms with Crippen LogP contribution in [0.15, 0.2) is 58.0 Å². The highest BCUT2D eigenvalue weighted by Crippen LogP contribution is 2.33. The van der Waals surface area contributed by atoms with Crippen molar-refractivity contribution < 1.29 is 31.1 Å². The van der Waals surface area contributed by atoms with Crippen molar-refractivity contribution in [2.45, 2.75) is 43.2 Å². The first kappa shape index (κ1) is 30.8. The smallest absolute Gasteiger partial charge is 0.449 e. The standard InChI is InChI=1S/C27H31BrF3N5O4S/c1-40-23-12-9-20(33-25(37)22-18-32-26(34-22)27(29,30)31)17-24(23)41(38,39)36(21-10-7-19(28)8-11-21)16-4-2-3-13-35-14-5-6-15-35/h7-12,17-18H,2-6,13-16H2,1H3,(H,32,34)(H,33,37). The molecule has 1 aromatic heterocycles. The monoisotopic (exact) mass is 657 g/mol. The number of hydrogen-bond donors (Lipinski definition) is 2. The number of anilines is 2. The lowest BCUT2D eigenvalue weighted by Crippen LogP contribution is -2.32. The zero-order valence-electron chi connectivity index (χ0n) is 22.4. The first-order valence-electron chi connectivity index (χ1n) is 13.1.